The Morgan fingerprint density at radius 1 is 1.00 bits per heavy atom. The van der Waals surface area contributed by atoms with Gasteiger partial charge in [-0.25, -0.2) is 4.79 Å². The van der Waals surface area contributed by atoms with Crippen molar-refractivity contribution in [3.63, 3.8) is 0 Å². The number of amides is 3. The fraction of sp³-hybridized carbons (Fsp3) is 0.391. The van der Waals surface area contributed by atoms with Crippen LogP contribution in [0.2, 0.25) is 0 Å². The summed E-state index contributed by atoms with van der Waals surface area (Å²) in [6.07, 6.45) is 0.993. The highest BCUT2D eigenvalue weighted by Gasteiger charge is 2.24. The number of carbonyl (C=O) groups is 2. The lowest BCUT2D eigenvalue weighted by Gasteiger charge is -2.35. The van der Waals surface area contributed by atoms with Crippen LogP contribution in [-0.4, -0.2) is 67.6 Å². The molecule has 0 unspecified atom stereocenters. The number of carbonyl (C=O) groups excluding carboxylic acids is 2. The Balaban J connectivity index is 1.16. The Kier molecular flexibility index (Phi) is 5.04. The number of nitrogens with one attached hydrogen (secondary N) is 1. The highest BCUT2D eigenvalue weighted by atomic mass is 16.5. The van der Waals surface area contributed by atoms with Crippen molar-refractivity contribution < 1.29 is 14.3 Å². The summed E-state index contributed by atoms with van der Waals surface area (Å²) < 4.78 is 5.59. The maximum Gasteiger partial charge on any atom is 0.321 e. The smallest absolute Gasteiger partial charge is 0.321 e. The van der Waals surface area contributed by atoms with Gasteiger partial charge >= 0.3 is 6.03 Å². The second kappa shape index (κ2) is 7.99. The molecule has 2 aromatic carbocycles. The summed E-state index contributed by atoms with van der Waals surface area (Å²) in [6, 6.07) is 13.7. The van der Waals surface area contributed by atoms with Gasteiger partial charge in [0, 0.05) is 63.5 Å². The maximum absolute atomic E-state index is 12.9. The Morgan fingerprint density at radius 2 is 1.80 bits per heavy atom. The molecule has 7 heteroatoms. The number of benzene rings is 2. The zero-order valence-electron chi connectivity index (χ0n) is 17.0. The van der Waals surface area contributed by atoms with Crippen LogP contribution in [0.5, 0.6) is 5.75 Å². The molecule has 0 bridgehead atoms. The topological polar surface area (TPSA) is 65.1 Å². The minimum Gasteiger partial charge on any atom is -0.493 e. The minimum absolute atomic E-state index is 0.0572. The van der Waals surface area contributed by atoms with Crippen LogP contribution < -0.4 is 15.0 Å². The van der Waals surface area contributed by atoms with Gasteiger partial charge in [0.2, 0.25) is 0 Å². The van der Waals surface area contributed by atoms with Crippen molar-refractivity contribution in [2.45, 2.75) is 13.0 Å². The van der Waals surface area contributed by atoms with Crippen molar-refractivity contribution in [3.8, 4) is 5.75 Å². The van der Waals surface area contributed by atoms with E-state index in [2.05, 4.69) is 28.4 Å². The third-order valence-corrected chi connectivity index (χ3v) is 6.10. The number of fused-ring (bicyclic) bond motifs is 1. The lowest BCUT2D eigenvalue weighted by Crippen LogP contribution is -2.48. The number of anilines is 1. The molecule has 3 aliphatic rings. The SMILES string of the molecule is O=C(c1ccc(N2CCNC2=O)cc1)N1CCN(Cc2ccc3c(c2)CCO3)CC1. The zero-order valence-corrected chi connectivity index (χ0v) is 17.0. The average molecular weight is 406 g/mol. The summed E-state index contributed by atoms with van der Waals surface area (Å²) in [5, 5.41) is 2.79. The van der Waals surface area contributed by atoms with E-state index in [9.17, 15) is 9.59 Å². The van der Waals surface area contributed by atoms with Crippen LogP contribution in [0.15, 0.2) is 42.5 Å². The van der Waals surface area contributed by atoms with E-state index in [1.165, 1.54) is 11.1 Å². The second-order valence-electron chi connectivity index (χ2n) is 8.04. The van der Waals surface area contributed by atoms with E-state index in [-0.39, 0.29) is 11.9 Å². The molecule has 3 aliphatic heterocycles. The monoisotopic (exact) mass is 406 g/mol. The van der Waals surface area contributed by atoms with E-state index in [0.717, 1.165) is 57.2 Å². The van der Waals surface area contributed by atoms with Gasteiger partial charge in [-0.1, -0.05) is 12.1 Å². The minimum atomic E-state index is -0.0823. The molecule has 0 atom stereocenters. The first-order valence-electron chi connectivity index (χ1n) is 10.6. The predicted octanol–water partition coefficient (Wildman–Crippen LogP) is 2.11. The molecule has 30 heavy (non-hydrogen) atoms. The fourth-order valence-corrected chi connectivity index (χ4v) is 4.39. The molecule has 0 spiro atoms. The van der Waals surface area contributed by atoms with E-state index in [4.69, 9.17) is 4.74 Å². The number of hydrogen-bond acceptors (Lipinski definition) is 4. The number of nitrogens with zero attached hydrogens (tertiary/aromatic N) is 3. The van der Waals surface area contributed by atoms with Gasteiger partial charge < -0.3 is 15.0 Å². The van der Waals surface area contributed by atoms with Gasteiger partial charge in [-0.3, -0.25) is 14.6 Å². The first-order valence-corrected chi connectivity index (χ1v) is 10.6. The Hall–Kier alpha value is -3.06. The van der Waals surface area contributed by atoms with E-state index in [1.54, 1.807) is 4.90 Å². The summed E-state index contributed by atoms with van der Waals surface area (Å²) in [5.41, 5.74) is 4.10. The molecule has 2 fully saturated rings. The summed E-state index contributed by atoms with van der Waals surface area (Å²) in [6.45, 7) is 6.19. The molecule has 3 amide bonds. The van der Waals surface area contributed by atoms with E-state index in [0.29, 0.717) is 18.7 Å². The predicted molar refractivity (Wildman–Crippen MR) is 114 cm³/mol. The molecule has 5 rings (SSSR count). The van der Waals surface area contributed by atoms with Gasteiger partial charge in [0.1, 0.15) is 5.75 Å². The summed E-state index contributed by atoms with van der Waals surface area (Å²) in [5.74, 6) is 1.08. The van der Waals surface area contributed by atoms with Crippen molar-refractivity contribution >= 4 is 17.6 Å². The Labute approximate surface area is 176 Å². The molecule has 0 aromatic heterocycles. The first kappa shape index (κ1) is 18.9. The number of hydrogen-bond donors (Lipinski definition) is 1. The molecule has 0 aliphatic carbocycles. The average Bonchev–Trinajstić information content (AvgIpc) is 3.42. The van der Waals surface area contributed by atoms with Crippen molar-refractivity contribution in [2.24, 2.45) is 0 Å². The van der Waals surface area contributed by atoms with Crippen LogP contribution in [0.25, 0.3) is 0 Å². The number of rotatable bonds is 4. The summed E-state index contributed by atoms with van der Waals surface area (Å²) in [7, 11) is 0. The summed E-state index contributed by atoms with van der Waals surface area (Å²) in [4.78, 5) is 30.7. The van der Waals surface area contributed by atoms with Crippen molar-refractivity contribution in [3.05, 3.63) is 59.2 Å². The first-order chi connectivity index (χ1) is 14.7. The Morgan fingerprint density at radius 3 is 2.53 bits per heavy atom. The van der Waals surface area contributed by atoms with E-state index in [1.807, 2.05) is 29.2 Å². The standard InChI is InChI=1S/C23H26N4O3/c28-22(18-2-4-20(5-3-18)27-9-8-24-23(27)29)26-12-10-25(11-13-26)16-17-1-6-21-19(15-17)7-14-30-21/h1-6,15H,7-14,16H2,(H,24,29). The summed E-state index contributed by atoms with van der Waals surface area (Å²) >= 11 is 0. The molecular formula is C23H26N4O3. The van der Waals surface area contributed by atoms with Crippen LogP contribution >= 0.6 is 0 Å². The van der Waals surface area contributed by atoms with E-state index >= 15 is 0 Å². The van der Waals surface area contributed by atoms with Crippen molar-refractivity contribution in [1.82, 2.24) is 15.1 Å². The van der Waals surface area contributed by atoms with Crippen molar-refractivity contribution in [2.75, 3.05) is 50.8 Å². The van der Waals surface area contributed by atoms with Crippen LogP contribution in [0, 0.1) is 0 Å². The molecule has 0 radical (unpaired) electrons. The van der Waals surface area contributed by atoms with Crippen LogP contribution in [0.1, 0.15) is 21.5 Å². The molecular weight excluding hydrogens is 380 g/mol. The maximum atomic E-state index is 12.9. The molecule has 1 N–H and O–H groups in total. The van der Waals surface area contributed by atoms with E-state index < -0.39 is 0 Å². The van der Waals surface area contributed by atoms with Gasteiger partial charge in [-0.05, 0) is 41.5 Å². The van der Waals surface area contributed by atoms with Crippen LogP contribution in [-0.2, 0) is 13.0 Å². The van der Waals surface area contributed by atoms with Crippen LogP contribution in [0.4, 0.5) is 10.5 Å². The fourth-order valence-electron chi connectivity index (χ4n) is 4.39. The zero-order chi connectivity index (χ0) is 20.5. The third kappa shape index (κ3) is 3.73. The molecule has 3 heterocycles. The molecule has 156 valence electrons. The third-order valence-electron chi connectivity index (χ3n) is 6.10. The largest absolute Gasteiger partial charge is 0.493 e. The van der Waals surface area contributed by atoms with Gasteiger partial charge in [0.25, 0.3) is 5.91 Å². The van der Waals surface area contributed by atoms with Gasteiger partial charge in [-0.2, -0.15) is 0 Å². The van der Waals surface area contributed by atoms with Gasteiger partial charge in [-0.15, -0.1) is 0 Å². The lowest BCUT2D eigenvalue weighted by molar-refractivity contribution is 0.0628. The molecule has 2 aromatic rings. The number of urea groups is 1. The Bertz CT molecular complexity index is 951. The lowest BCUT2D eigenvalue weighted by atomic mass is 10.1. The van der Waals surface area contributed by atoms with Gasteiger partial charge in [0.05, 0.1) is 6.61 Å². The molecule has 2 saturated heterocycles. The van der Waals surface area contributed by atoms with Crippen molar-refractivity contribution in [1.29, 1.82) is 0 Å². The normalized spacial score (nSPS) is 18.9. The molecule has 0 saturated carbocycles. The number of ether oxygens (including phenoxy) is 1. The van der Waals surface area contributed by atoms with Gasteiger partial charge in [0.15, 0.2) is 0 Å². The number of piperazine rings is 1. The second-order valence-corrected chi connectivity index (χ2v) is 8.04. The molecule has 7 nitrogen and oxygen atoms in total. The quantitative estimate of drug-likeness (QED) is 0.845. The van der Waals surface area contributed by atoms with Crippen LogP contribution in [0.3, 0.4) is 0 Å². The highest BCUT2D eigenvalue weighted by Crippen LogP contribution is 2.26. The highest BCUT2D eigenvalue weighted by molar-refractivity contribution is 5.97.